The summed E-state index contributed by atoms with van der Waals surface area (Å²) in [6, 6.07) is 8.28. The van der Waals surface area contributed by atoms with E-state index in [-0.39, 0.29) is 6.04 Å². The van der Waals surface area contributed by atoms with Crippen LogP contribution in [0.4, 0.5) is 0 Å². The fraction of sp³-hybridized carbons (Fsp3) is 0.333. The van der Waals surface area contributed by atoms with Crippen molar-refractivity contribution in [1.29, 1.82) is 0 Å². The average molecular weight is 240 g/mol. The van der Waals surface area contributed by atoms with Crippen molar-refractivity contribution in [2.45, 2.75) is 13.0 Å². The van der Waals surface area contributed by atoms with Crippen molar-refractivity contribution < 1.29 is 4.70 Å². The van der Waals surface area contributed by atoms with Crippen molar-refractivity contribution in [1.82, 2.24) is 5.32 Å². The molecule has 1 aromatic carbocycles. The molecule has 0 fully saturated rings. The van der Waals surface area contributed by atoms with Crippen LogP contribution in [0.5, 0.6) is 0 Å². The number of benzene rings is 1. The summed E-state index contributed by atoms with van der Waals surface area (Å²) in [5.74, 6) is 0. The number of hydrogen-bond acceptors (Lipinski definition) is 2. The summed E-state index contributed by atoms with van der Waals surface area (Å²) in [6.07, 6.45) is 0.400. The SMILES string of the molecule is C[C@H](NCB=O)c1ccc(Br)cc1. The third-order valence-electron chi connectivity index (χ3n) is 1.88. The first-order valence-electron chi connectivity index (χ1n) is 4.16. The summed E-state index contributed by atoms with van der Waals surface area (Å²) in [5.41, 5.74) is 1.19. The number of rotatable bonds is 4. The molecule has 2 nitrogen and oxygen atoms in total. The monoisotopic (exact) mass is 239 g/mol. The number of hydrogen-bond donors (Lipinski definition) is 1. The predicted molar refractivity (Wildman–Crippen MR) is 57.0 cm³/mol. The molecular weight excluding hydrogens is 229 g/mol. The third kappa shape index (κ3) is 3.40. The Balaban J connectivity index is 2.60. The Morgan fingerprint density at radius 3 is 2.62 bits per heavy atom. The summed E-state index contributed by atoms with van der Waals surface area (Å²) in [6.45, 7) is 2.03. The fourth-order valence-corrected chi connectivity index (χ4v) is 1.36. The Hall–Kier alpha value is -0.475. The van der Waals surface area contributed by atoms with E-state index in [1.165, 1.54) is 5.56 Å². The van der Waals surface area contributed by atoms with Gasteiger partial charge in [-0.25, -0.2) is 0 Å². The van der Waals surface area contributed by atoms with Crippen LogP contribution in [0.1, 0.15) is 18.5 Å². The van der Waals surface area contributed by atoms with Crippen LogP contribution in [0.15, 0.2) is 28.7 Å². The third-order valence-corrected chi connectivity index (χ3v) is 2.41. The first-order valence-corrected chi connectivity index (χ1v) is 4.96. The van der Waals surface area contributed by atoms with Gasteiger partial charge < -0.3 is 0 Å². The molecule has 0 heterocycles. The van der Waals surface area contributed by atoms with Crippen LogP contribution in [-0.2, 0) is 4.70 Å². The maximum atomic E-state index is 10.1. The van der Waals surface area contributed by atoms with Crippen LogP contribution in [0.2, 0.25) is 0 Å². The van der Waals surface area contributed by atoms with Crippen LogP contribution >= 0.6 is 15.9 Å². The van der Waals surface area contributed by atoms with E-state index in [0.29, 0.717) is 6.44 Å². The van der Waals surface area contributed by atoms with E-state index in [2.05, 4.69) is 21.2 Å². The van der Waals surface area contributed by atoms with E-state index in [4.69, 9.17) is 0 Å². The zero-order chi connectivity index (χ0) is 9.68. The van der Waals surface area contributed by atoms with Crippen LogP contribution in [0, 0.1) is 0 Å². The first-order chi connectivity index (χ1) is 6.24. The molecular formula is C9H11BBrNO. The van der Waals surface area contributed by atoms with E-state index in [1.807, 2.05) is 31.2 Å². The van der Waals surface area contributed by atoms with Gasteiger partial charge >= 0.3 is 86.8 Å². The normalized spacial score (nSPS) is 12.2. The van der Waals surface area contributed by atoms with Crippen LogP contribution < -0.4 is 5.32 Å². The summed E-state index contributed by atoms with van der Waals surface area (Å²) in [7, 11) is 0.870. The Morgan fingerprint density at radius 2 is 2.08 bits per heavy atom. The van der Waals surface area contributed by atoms with Gasteiger partial charge in [0.1, 0.15) is 0 Å². The Labute approximate surface area is 87.1 Å². The molecule has 0 aliphatic rings. The molecule has 4 heteroatoms. The molecule has 0 aliphatic carbocycles. The second-order valence-electron chi connectivity index (χ2n) is 2.85. The molecule has 0 aromatic heterocycles. The molecule has 1 aromatic rings. The minimum atomic E-state index is 0.221. The quantitative estimate of drug-likeness (QED) is 0.816. The van der Waals surface area contributed by atoms with Crippen molar-refractivity contribution in [2.75, 3.05) is 6.44 Å². The van der Waals surface area contributed by atoms with E-state index in [9.17, 15) is 4.70 Å². The second kappa shape index (κ2) is 5.30. The van der Waals surface area contributed by atoms with Gasteiger partial charge in [0.05, 0.1) is 0 Å². The Morgan fingerprint density at radius 1 is 1.46 bits per heavy atom. The van der Waals surface area contributed by atoms with E-state index in [1.54, 1.807) is 0 Å². The Kier molecular flexibility index (Phi) is 4.32. The summed E-state index contributed by atoms with van der Waals surface area (Å²) in [5, 5.41) is 3.08. The summed E-state index contributed by atoms with van der Waals surface area (Å²) in [4.78, 5) is 0. The predicted octanol–water partition coefficient (Wildman–Crippen LogP) is 2.11. The molecule has 68 valence electrons. The van der Waals surface area contributed by atoms with Crippen molar-refractivity contribution in [3.05, 3.63) is 34.3 Å². The minimum absolute atomic E-state index is 0.221. The zero-order valence-corrected chi connectivity index (χ0v) is 9.04. The first kappa shape index (κ1) is 10.6. The van der Waals surface area contributed by atoms with Gasteiger partial charge in [0.15, 0.2) is 0 Å². The van der Waals surface area contributed by atoms with Gasteiger partial charge in [-0.3, -0.25) is 0 Å². The maximum absolute atomic E-state index is 10.1. The molecule has 0 unspecified atom stereocenters. The van der Waals surface area contributed by atoms with E-state index < -0.39 is 0 Å². The summed E-state index contributed by atoms with van der Waals surface area (Å²) < 4.78 is 11.2. The molecule has 0 bridgehead atoms. The molecule has 1 atom stereocenters. The number of halogens is 1. The van der Waals surface area contributed by atoms with Crippen molar-refractivity contribution >= 4 is 23.1 Å². The molecule has 0 saturated carbocycles. The van der Waals surface area contributed by atoms with Crippen molar-refractivity contribution in [3.63, 3.8) is 0 Å². The molecule has 0 aliphatic heterocycles. The van der Waals surface area contributed by atoms with E-state index >= 15 is 0 Å². The van der Waals surface area contributed by atoms with Crippen LogP contribution in [0.3, 0.4) is 0 Å². The van der Waals surface area contributed by atoms with Gasteiger partial charge in [0.2, 0.25) is 0 Å². The van der Waals surface area contributed by atoms with Crippen molar-refractivity contribution in [2.24, 2.45) is 0 Å². The summed E-state index contributed by atoms with van der Waals surface area (Å²) >= 11 is 3.37. The topological polar surface area (TPSA) is 29.1 Å². The van der Waals surface area contributed by atoms with Crippen LogP contribution in [0.25, 0.3) is 0 Å². The van der Waals surface area contributed by atoms with Crippen molar-refractivity contribution in [3.8, 4) is 0 Å². The molecule has 0 radical (unpaired) electrons. The molecule has 0 amide bonds. The molecule has 13 heavy (non-hydrogen) atoms. The molecule has 0 spiro atoms. The van der Waals surface area contributed by atoms with Gasteiger partial charge in [0.25, 0.3) is 0 Å². The fourth-order valence-electron chi connectivity index (χ4n) is 1.09. The van der Waals surface area contributed by atoms with Gasteiger partial charge in [-0.2, -0.15) is 0 Å². The average Bonchev–Trinajstić information content (AvgIpc) is 2.15. The molecule has 0 saturated heterocycles. The van der Waals surface area contributed by atoms with E-state index in [0.717, 1.165) is 11.6 Å². The zero-order valence-electron chi connectivity index (χ0n) is 7.46. The van der Waals surface area contributed by atoms with Gasteiger partial charge in [-0.1, -0.05) is 0 Å². The standard InChI is InChI=1S/C9H11BBrNO/c1-7(12-6-10-13)8-2-4-9(11)5-3-8/h2-5,7,12H,6H2,1H3/t7-/m0/s1. The van der Waals surface area contributed by atoms with Crippen LogP contribution in [-0.4, -0.2) is 13.6 Å². The number of nitrogens with one attached hydrogen (secondary N) is 1. The van der Waals surface area contributed by atoms with Gasteiger partial charge in [0, 0.05) is 0 Å². The second-order valence-corrected chi connectivity index (χ2v) is 3.76. The van der Waals surface area contributed by atoms with Gasteiger partial charge in [-0.15, -0.1) is 0 Å². The molecule has 1 N–H and O–H groups in total. The Bertz CT molecular complexity index is 275. The van der Waals surface area contributed by atoms with Gasteiger partial charge in [-0.05, 0) is 0 Å². The molecule has 1 rings (SSSR count).